The van der Waals surface area contributed by atoms with Gasteiger partial charge in [0, 0.05) is 13.0 Å². The SMILES string of the molecule is COc1cc(NC(C)=O)c(Cl)cc1C(=O)Nc1nnc(C(F)(F)F)s1. The minimum atomic E-state index is -4.65. The van der Waals surface area contributed by atoms with E-state index in [-0.39, 0.29) is 44.4 Å². The Morgan fingerprint density at radius 2 is 1.92 bits per heavy atom. The van der Waals surface area contributed by atoms with E-state index < -0.39 is 17.1 Å². The zero-order valence-electron chi connectivity index (χ0n) is 12.7. The van der Waals surface area contributed by atoms with Crippen LogP contribution in [-0.4, -0.2) is 29.1 Å². The van der Waals surface area contributed by atoms with Gasteiger partial charge >= 0.3 is 6.18 Å². The number of hydrogen-bond donors (Lipinski definition) is 2. The average molecular weight is 395 g/mol. The van der Waals surface area contributed by atoms with Gasteiger partial charge in [0.1, 0.15) is 5.75 Å². The molecular formula is C13H10ClF3N4O3S. The summed E-state index contributed by atoms with van der Waals surface area (Å²) in [5.41, 5.74) is 0.170. The summed E-state index contributed by atoms with van der Waals surface area (Å²) in [5, 5.41) is 9.41. The molecule has 1 aromatic heterocycles. The van der Waals surface area contributed by atoms with Crippen LogP contribution in [0, 0.1) is 0 Å². The third-order valence-electron chi connectivity index (χ3n) is 2.73. The molecule has 0 saturated carbocycles. The number of aromatic nitrogens is 2. The molecule has 134 valence electrons. The van der Waals surface area contributed by atoms with Crippen LogP contribution >= 0.6 is 22.9 Å². The summed E-state index contributed by atoms with van der Waals surface area (Å²) in [5.74, 6) is -1.11. The van der Waals surface area contributed by atoms with Crippen LogP contribution in [0.1, 0.15) is 22.3 Å². The number of ether oxygens (including phenoxy) is 1. The number of carbonyl (C=O) groups excluding carboxylic acids is 2. The molecule has 0 spiro atoms. The third-order valence-corrected chi connectivity index (χ3v) is 3.93. The quantitative estimate of drug-likeness (QED) is 0.828. The number of benzene rings is 1. The molecule has 2 rings (SSSR count). The predicted molar refractivity (Wildman–Crippen MR) is 85.2 cm³/mol. The Bertz CT molecular complexity index is 825. The second-order valence-electron chi connectivity index (χ2n) is 4.58. The van der Waals surface area contributed by atoms with Crippen LogP contribution in [0.2, 0.25) is 5.02 Å². The van der Waals surface area contributed by atoms with E-state index >= 15 is 0 Å². The molecule has 0 aliphatic heterocycles. The van der Waals surface area contributed by atoms with Crippen molar-refractivity contribution in [3.63, 3.8) is 0 Å². The van der Waals surface area contributed by atoms with E-state index in [1.807, 2.05) is 0 Å². The van der Waals surface area contributed by atoms with Crippen molar-refractivity contribution in [1.29, 1.82) is 0 Å². The van der Waals surface area contributed by atoms with E-state index in [1.165, 1.54) is 26.2 Å². The smallest absolute Gasteiger partial charge is 0.445 e. The number of alkyl halides is 3. The van der Waals surface area contributed by atoms with E-state index in [4.69, 9.17) is 16.3 Å². The molecule has 25 heavy (non-hydrogen) atoms. The zero-order chi connectivity index (χ0) is 18.8. The zero-order valence-corrected chi connectivity index (χ0v) is 14.3. The van der Waals surface area contributed by atoms with Gasteiger partial charge in [-0.2, -0.15) is 13.2 Å². The van der Waals surface area contributed by atoms with Gasteiger partial charge in [0.05, 0.1) is 23.4 Å². The fourth-order valence-corrected chi connectivity index (χ4v) is 2.55. The van der Waals surface area contributed by atoms with Crippen molar-refractivity contribution in [3.05, 3.63) is 27.7 Å². The Labute approximate surface area is 148 Å². The van der Waals surface area contributed by atoms with Crippen molar-refractivity contribution in [1.82, 2.24) is 10.2 Å². The van der Waals surface area contributed by atoms with Crippen molar-refractivity contribution in [2.24, 2.45) is 0 Å². The van der Waals surface area contributed by atoms with Crippen molar-refractivity contribution < 1.29 is 27.5 Å². The first-order valence-electron chi connectivity index (χ1n) is 6.49. The van der Waals surface area contributed by atoms with E-state index in [0.717, 1.165) is 0 Å². The minimum Gasteiger partial charge on any atom is -0.496 e. The minimum absolute atomic E-state index is 0.0504. The number of nitrogens with one attached hydrogen (secondary N) is 2. The van der Waals surface area contributed by atoms with Gasteiger partial charge in [0.15, 0.2) is 0 Å². The first kappa shape index (κ1) is 18.9. The van der Waals surface area contributed by atoms with Gasteiger partial charge in [-0.3, -0.25) is 14.9 Å². The Morgan fingerprint density at radius 1 is 1.24 bits per heavy atom. The highest BCUT2D eigenvalue weighted by molar-refractivity contribution is 7.15. The maximum absolute atomic E-state index is 12.5. The second-order valence-corrected chi connectivity index (χ2v) is 5.96. The van der Waals surface area contributed by atoms with E-state index in [0.29, 0.717) is 0 Å². The first-order chi connectivity index (χ1) is 11.6. The van der Waals surface area contributed by atoms with Gasteiger partial charge in [-0.1, -0.05) is 22.9 Å². The topological polar surface area (TPSA) is 93.2 Å². The predicted octanol–water partition coefficient (Wildman–Crippen LogP) is 3.43. The maximum Gasteiger partial charge on any atom is 0.445 e. The normalized spacial score (nSPS) is 11.1. The molecule has 0 bridgehead atoms. The van der Waals surface area contributed by atoms with Gasteiger partial charge in [0.2, 0.25) is 16.0 Å². The van der Waals surface area contributed by atoms with E-state index in [1.54, 1.807) is 0 Å². The number of methoxy groups -OCH3 is 1. The van der Waals surface area contributed by atoms with Crippen molar-refractivity contribution in [2.75, 3.05) is 17.7 Å². The number of amides is 2. The van der Waals surface area contributed by atoms with Crippen molar-refractivity contribution in [3.8, 4) is 5.75 Å². The molecule has 7 nitrogen and oxygen atoms in total. The standard InChI is InChI=1S/C13H10ClF3N4O3S/c1-5(22)18-8-4-9(24-2)6(3-7(8)14)10(23)19-12-21-20-11(25-12)13(15,16)17/h3-4H,1-2H3,(H,18,22)(H,19,21,23). The van der Waals surface area contributed by atoms with E-state index in [9.17, 15) is 22.8 Å². The Hall–Kier alpha value is -2.40. The molecule has 0 aliphatic rings. The molecule has 1 heterocycles. The highest BCUT2D eigenvalue weighted by Gasteiger charge is 2.36. The lowest BCUT2D eigenvalue weighted by atomic mass is 10.1. The lowest BCUT2D eigenvalue weighted by Crippen LogP contribution is -2.14. The van der Waals surface area contributed by atoms with Gasteiger partial charge in [-0.15, -0.1) is 10.2 Å². The number of nitrogens with zero attached hydrogens (tertiary/aromatic N) is 2. The lowest BCUT2D eigenvalue weighted by Gasteiger charge is -2.12. The number of halogens is 4. The molecule has 12 heteroatoms. The fraction of sp³-hybridized carbons (Fsp3) is 0.231. The van der Waals surface area contributed by atoms with Crippen LogP contribution < -0.4 is 15.4 Å². The largest absolute Gasteiger partial charge is 0.496 e. The number of anilines is 2. The number of rotatable bonds is 4. The van der Waals surface area contributed by atoms with Gasteiger partial charge in [0.25, 0.3) is 5.91 Å². The number of hydrogen-bond acceptors (Lipinski definition) is 6. The highest BCUT2D eigenvalue weighted by Crippen LogP contribution is 2.34. The lowest BCUT2D eigenvalue weighted by molar-refractivity contribution is -0.138. The van der Waals surface area contributed by atoms with Crippen LogP contribution in [0.25, 0.3) is 0 Å². The Kier molecular flexibility index (Phi) is 5.48. The monoisotopic (exact) mass is 394 g/mol. The molecular weight excluding hydrogens is 385 g/mol. The highest BCUT2D eigenvalue weighted by atomic mass is 35.5. The van der Waals surface area contributed by atoms with Crippen molar-refractivity contribution in [2.45, 2.75) is 13.1 Å². The molecule has 0 radical (unpaired) electrons. The molecule has 2 aromatic rings. The van der Waals surface area contributed by atoms with E-state index in [2.05, 4.69) is 20.8 Å². The molecule has 0 saturated heterocycles. The summed E-state index contributed by atoms with van der Waals surface area (Å²) in [4.78, 5) is 23.4. The Balaban J connectivity index is 2.28. The molecule has 0 unspecified atom stereocenters. The van der Waals surface area contributed by atoms with Crippen LogP contribution in [0.15, 0.2) is 12.1 Å². The average Bonchev–Trinajstić information content (AvgIpc) is 2.97. The van der Waals surface area contributed by atoms with Crippen LogP contribution in [-0.2, 0) is 11.0 Å². The van der Waals surface area contributed by atoms with Gasteiger partial charge < -0.3 is 10.1 Å². The molecule has 0 aliphatic carbocycles. The van der Waals surface area contributed by atoms with Crippen LogP contribution in [0.5, 0.6) is 5.75 Å². The summed E-state index contributed by atoms with van der Waals surface area (Å²) < 4.78 is 42.6. The molecule has 2 N–H and O–H groups in total. The van der Waals surface area contributed by atoms with Crippen LogP contribution in [0.3, 0.4) is 0 Å². The molecule has 0 atom stereocenters. The Morgan fingerprint density at radius 3 is 2.44 bits per heavy atom. The molecule has 2 amide bonds. The third kappa shape index (κ3) is 4.57. The molecule has 1 aromatic carbocycles. The summed E-state index contributed by atoms with van der Waals surface area (Å²) in [6.45, 7) is 1.27. The number of carbonyl (C=O) groups is 2. The summed E-state index contributed by atoms with van der Waals surface area (Å²) in [6, 6.07) is 2.53. The summed E-state index contributed by atoms with van der Waals surface area (Å²) >= 11 is 6.17. The molecule has 0 fully saturated rings. The first-order valence-corrected chi connectivity index (χ1v) is 7.68. The van der Waals surface area contributed by atoms with Gasteiger partial charge in [-0.25, -0.2) is 0 Å². The van der Waals surface area contributed by atoms with Crippen LogP contribution in [0.4, 0.5) is 24.0 Å². The summed E-state index contributed by atoms with van der Waals surface area (Å²) in [7, 11) is 1.28. The second kappa shape index (κ2) is 7.23. The fourth-order valence-electron chi connectivity index (χ4n) is 1.74. The van der Waals surface area contributed by atoms with Gasteiger partial charge in [-0.05, 0) is 6.07 Å². The maximum atomic E-state index is 12.5. The summed E-state index contributed by atoms with van der Waals surface area (Å²) in [6.07, 6.45) is -4.65. The van der Waals surface area contributed by atoms with Crippen molar-refractivity contribution >= 4 is 45.6 Å².